The fourth-order valence-corrected chi connectivity index (χ4v) is 2.49. The third-order valence-electron chi connectivity index (χ3n) is 3.80. The van der Waals surface area contributed by atoms with Crippen LogP contribution in [0, 0.1) is 27.7 Å². The van der Waals surface area contributed by atoms with E-state index in [-0.39, 0.29) is 11.9 Å². The molecule has 0 unspecified atom stereocenters. The molecule has 0 saturated carbocycles. The lowest BCUT2D eigenvalue weighted by Gasteiger charge is -2.15. The van der Waals surface area contributed by atoms with Crippen molar-refractivity contribution in [1.29, 1.82) is 0 Å². The van der Waals surface area contributed by atoms with E-state index in [0.29, 0.717) is 0 Å². The fraction of sp³-hybridized carbons (Fsp3) is 0.438. The van der Waals surface area contributed by atoms with Gasteiger partial charge in [0.15, 0.2) is 0 Å². The lowest BCUT2D eigenvalue weighted by molar-refractivity contribution is 0.500. The van der Waals surface area contributed by atoms with Gasteiger partial charge in [-0.25, -0.2) is 0 Å². The number of hydrogen-bond donors (Lipinski definition) is 1. The molecule has 0 spiro atoms. The monoisotopic (exact) mass is 258 g/mol. The van der Waals surface area contributed by atoms with E-state index in [1.54, 1.807) is 0 Å². The molecule has 0 radical (unpaired) electrons. The Morgan fingerprint density at radius 1 is 1.05 bits per heavy atom. The molecule has 102 valence electrons. The molecule has 19 heavy (non-hydrogen) atoms. The Morgan fingerprint density at radius 2 is 1.58 bits per heavy atom. The van der Waals surface area contributed by atoms with Crippen LogP contribution in [0.2, 0.25) is 0 Å². The van der Waals surface area contributed by atoms with Crippen molar-refractivity contribution in [1.82, 2.24) is 4.98 Å². The highest BCUT2D eigenvalue weighted by molar-refractivity contribution is 5.73. The first kappa shape index (κ1) is 13.7. The molecular formula is C16H22N2O. The van der Waals surface area contributed by atoms with Gasteiger partial charge in [0.2, 0.25) is 0 Å². The third kappa shape index (κ3) is 2.25. The average molecular weight is 258 g/mol. The number of nitrogens with two attached hydrogens (primary N) is 1. The van der Waals surface area contributed by atoms with E-state index in [9.17, 15) is 0 Å². The summed E-state index contributed by atoms with van der Waals surface area (Å²) in [6.45, 7) is 12.7. The molecule has 0 bridgehead atoms. The van der Waals surface area contributed by atoms with Crippen LogP contribution in [0.25, 0.3) is 11.3 Å². The van der Waals surface area contributed by atoms with Gasteiger partial charge >= 0.3 is 0 Å². The summed E-state index contributed by atoms with van der Waals surface area (Å²) in [7, 11) is 0. The second kappa shape index (κ2) is 4.72. The van der Waals surface area contributed by atoms with Crippen molar-refractivity contribution in [2.45, 2.75) is 47.5 Å². The second-order valence-electron chi connectivity index (χ2n) is 5.56. The van der Waals surface area contributed by atoms with Crippen LogP contribution in [-0.4, -0.2) is 4.98 Å². The van der Waals surface area contributed by atoms with E-state index in [1.807, 2.05) is 0 Å². The molecule has 0 fully saturated rings. The molecule has 0 saturated heterocycles. The summed E-state index contributed by atoms with van der Waals surface area (Å²) in [5.74, 6) is 1.13. The summed E-state index contributed by atoms with van der Waals surface area (Å²) >= 11 is 0. The molecule has 0 amide bonds. The number of nitrogens with zero attached hydrogens (tertiary/aromatic N) is 1. The highest BCUT2D eigenvalue weighted by atomic mass is 16.4. The first-order valence-electron chi connectivity index (χ1n) is 6.66. The summed E-state index contributed by atoms with van der Waals surface area (Å²) in [5, 5.41) is 0. The molecule has 0 aliphatic rings. The van der Waals surface area contributed by atoms with Gasteiger partial charge in [0, 0.05) is 11.5 Å². The van der Waals surface area contributed by atoms with Gasteiger partial charge in [-0.15, -0.1) is 0 Å². The first-order chi connectivity index (χ1) is 8.82. The smallest absolute Gasteiger partial charge is 0.292 e. The van der Waals surface area contributed by atoms with Gasteiger partial charge in [-0.1, -0.05) is 19.9 Å². The van der Waals surface area contributed by atoms with Crippen molar-refractivity contribution in [3.8, 4) is 11.3 Å². The number of nitrogen functional groups attached to an aromatic ring is 1. The van der Waals surface area contributed by atoms with Crippen molar-refractivity contribution < 1.29 is 4.42 Å². The summed E-state index contributed by atoms with van der Waals surface area (Å²) in [5.41, 5.74) is 12.9. The minimum absolute atomic E-state index is 0.247. The first-order valence-corrected chi connectivity index (χ1v) is 6.66. The second-order valence-corrected chi connectivity index (χ2v) is 5.56. The third-order valence-corrected chi connectivity index (χ3v) is 3.80. The van der Waals surface area contributed by atoms with Gasteiger partial charge in [-0.3, -0.25) is 0 Å². The minimum atomic E-state index is 0.247. The van der Waals surface area contributed by atoms with E-state index < -0.39 is 0 Å². The largest absolute Gasteiger partial charge is 0.428 e. The predicted octanol–water partition coefficient (Wildman–Crippen LogP) is 4.28. The molecule has 3 nitrogen and oxygen atoms in total. The van der Waals surface area contributed by atoms with Crippen LogP contribution in [-0.2, 0) is 0 Å². The molecule has 2 N–H and O–H groups in total. The topological polar surface area (TPSA) is 52.0 Å². The van der Waals surface area contributed by atoms with Gasteiger partial charge in [-0.2, -0.15) is 4.98 Å². The van der Waals surface area contributed by atoms with Gasteiger partial charge < -0.3 is 10.2 Å². The summed E-state index contributed by atoms with van der Waals surface area (Å²) < 4.78 is 5.59. The zero-order valence-corrected chi connectivity index (χ0v) is 12.6. The molecular weight excluding hydrogens is 236 g/mol. The molecule has 1 aromatic carbocycles. The fourth-order valence-electron chi connectivity index (χ4n) is 2.49. The SMILES string of the molecule is Cc1cc(C)c(C)c(-c2nc(N)oc2C(C)C)c1C. The maximum atomic E-state index is 5.75. The van der Waals surface area contributed by atoms with Crippen molar-refractivity contribution in [3.05, 3.63) is 34.1 Å². The quantitative estimate of drug-likeness (QED) is 0.874. The molecule has 3 heteroatoms. The highest BCUT2D eigenvalue weighted by Crippen LogP contribution is 2.36. The van der Waals surface area contributed by atoms with E-state index in [0.717, 1.165) is 11.5 Å². The van der Waals surface area contributed by atoms with Gasteiger partial charge in [0.1, 0.15) is 11.5 Å². The van der Waals surface area contributed by atoms with Gasteiger partial charge in [-0.05, 0) is 49.9 Å². The van der Waals surface area contributed by atoms with Crippen LogP contribution >= 0.6 is 0 Å². The van der Waals surface area contributed by atoms with E-state index in [2.05, 4.69) is 52.6 Å². The number of aryl methyl sites for hydroxylation is 2. The molecule has 2 rings (SSSR count). The Morgan fingerprint density at radius 3 is 2.05 bits per heavy atom. The average Bonchev–Trinajstić information content (AvgIpc) is 2.69. The number of benzene rings is 1. The van der Waals surface area contributed by atoms with E-state index >= 15 is 0 Å². The van der Waals surface area contributed by atoms with Crippen molar-refractivity contribution in [3.63, 3.8) is 0 Å². The Bertz CT molecular complexity index is 598. The molecule has 2 aromatic rings. The lowest BCUT2D eigenvalue weighted by atomic mass is 9.90. The van der Waals surface area contributed by atoms with Crippen molar-refractivity contribution >= 4 is 6.01 Å². The Labute approximate surface area is 114 Å². The Kier molecular flexibility index (Phi) is 3.40. The zero-order valence-electron chi connectivity index (χ0n) is 12.6. The van der Waals surface area contributed by atoms with Crippen molar-refractivity contribution in [2.75, 3.05) is 5.73 Å². The van der Waals surface area contributed by atoms with Crippen LogP contribution in [0.4, 0.5) is 6.01 Å². The molecule has 1 aromatic heterocycles. The maximum Gasteiger partial charge on any atom is 0.292 e. The lowest BCUT2D eigenvalue weighted by Crippen LogP contribution is -1.98. The maximum absolute atomic E-state index is 5.75. The predicted molar refractivity (Wildman–Crippen MR) is 79.4 cm³/mol. The van der Waals surface area contributed by atoms with Crippen LogP contribution < -0.4 is 5.73 Å². The standard InChI is InChI=1S/C16H22N2O/c1-8(2)15-14(18-16(17)19-15)13-11(5)9(3)7-10(4)12(13)6/h7-8H,1-6H3,(H2,17,18). The van der Waals surface area contributed by atoms with Gasteiger partial charge in [0.25, 0.3) is 6.01 Å². The normalized spacial score (nSPS) is 11.3. The summed E-state index contributed by atoms with van der Waals surface area (Å²) in [6, 6.07) is 2.46. The van der Waals surface area contributed by atoms with Crippen LogP contribution in [0.15, 0.2) is 10.5 Å². The van der Waals surface area contributed by atoms with Crippen LogP contribution in [0.1, 0.15) is 47.8 Å². The summed E-state index contributed by atoms with van der Waals surface area (Å²) in [6.07, 6.45) is 0. The van der Waals surface area contributed by atoms with Crippen molar-refractivity contribution in [2.24, 2.45) is 0 Å². The number of aromatic nitrogens is 1. The molecule has 1 heterocycles. The highest BCUT2D eigenvalue weighted by Gasteiger charge is 2.21. The zero-order chi connectivity index (χ0) is 14.3. The van der Waals surface area contributed by atoms with Crippen LogP contribution in [0.3, 0.4) is 0 Å². The molecule has 0 aliphatic carbocycles. The molecule has 0 aliphatic heterocycles. The van der Waals surface area contributed by atoms with E-state index in [1.165, 1.54) is 27.8 Å². The van der Waals surface area contributed by atoms with E-state index in [4.69, 9.17) is 10.2 Å². The van der Waals surface area contributed by atoms with Crippen LogP contribution in [0.5, 0.6) is 0 Å². The molecule has 0 atom stereocenters. The summed E-state index contributed by atoms with van der Waals surface area (Å²) in [4.78, 5) is 4.42. The van der Waals surface area contributed by atoms with Gasteiger partial charge in [0.05, 0.1) is 0 Å². The number of hydrogen-bond acceptors (Lipinski definition) is 3. The number of oxazole rings is 1. The number of anilines is 1. The Hall–Kier alpha value is -1.77. The number of rotatable bonds is 2. The minimum Gasteiger partial charge on any atom is -0.428 e. The Balaban J connectivity index is 2.79.